The molecule has 3 aromatic rings. The molecule has 0 unspecified atom stereocenters. The monoisotopic (exact) mass is 473 g/mol. The zero-order valence-corrected chi connectivity index (χ0v) is 17.8. The van der Waals surface area contributed by atoms with Crippen LogP contribution < -0.4 is 25.8 Å². The van der Waals surface area contributed by atoms with E-state index >= 15 is 0 Å². The van der Waals surface area contributed by atoms with Gasteiger partial charge in [-0.3, -0.25) is 0 Å². The molecule has 178 valence electrons. The van der Waals surface area contributed by atoms with Gasteiger partial charge >= 0.3 is 12.2 Å². The molecule has 12 nitrogen and oxygen atoms in total. The molecule has 2 aromatic carbocycles. The fourth-order valence-corrected chi connectivity index (χ4v) is 2.41. The van der Waals surface area contributed by atoms with Gasteiger partial charge in [-0.15, -0.1) is 0 Å². The summed E-state index contributed by atoms with van der Waals surface area (Å²) in [5.41, 5.74) is 5.99. The largest absolute Gasteiger partial charge is 0.510 e. The quantitative estimate of drug-likeness (QED) is 0.292. The van der Waals surface area contributed by atoms with Crippen LogP contribution in [0.5, 0.6) is 11.5 Å². The number of ether oxygens (including phenoxy) is 5. The van der Waals surface area contributed by atoms with E-state index < -0.39 is 18.1 Å². The molecule has 0 fully saturated rings. The third-order valence-corrected chi connectivity index (χ3v) is 3.97. The molecule has 0 aliphatic rings. The van der Waals surface area contributed by atoms with Crippen LogP contribution in [0, 0.1) is 5.82 Å². The van der Waals surface area contributed by atoms with Crippen LogP contribution in [-0.4, -0.2) is 42.9 Å². The SMILES string of the molecule is COC(=O)OCOc1ccc(Nc2ncc(F)c(Nc3ccc(OCOC(N)=O)cc3)n2)cc1. The summed E-state index contributed by atoms with van der Waals surface area (Å²) in [6.45, 7) is -0.629. The number of nitrogens with zero attached hydrogens (tertiary/aromatic N) is 2. The first-order valence-electron chi connectivity index (χ1n) is 9.58. The summed E-state index contributed by atoms with van der Waals surface area (Å²) in [4.78, 5) is 29.5. The van der Waals surface area contributed by atoms with Gasteiger partial charge in [-0.05, 0) is 48.5 Å². The van der Waals surface area contributed by atoms with Crippen molar-refractivity contribution in [2.45, 2.75) is 0 Å². The van der Waals surface area contributed by atoms with Crippen LogP contribution >= 0.6 is 0 Å². The molecule has 1 amide bonds. The Morgan fingerprint density at radius 1 is 0.912 bits per heavy atom. The zero-order chi connectivity index (χ0) is 24.3. The van der Waals surface area contributed by atoms with Gasteiger partial charge in [0.2, 0.25) is 19.5 Å². The van der Waals surface area contributed by atoms with Crippen LogP contribution in [0.25, 0.3) is 0 Å². The number of amides is 1. The second-order valence-corrected chi connectivity index (χ2v) is 6.28. The highest BCUT2D eigenvalue weighted by Crippen LogP contribution is 2.23. The second kappa shape index (κ2) is 11.7. The van der Waals surface area contributed by atoms with Crippen LogP contribution in [0.4, 0.5) is 37.1 Å². The molecular formula is C21H20FN5O7. The van der Waals surface area contributed by atoms with E-state index in [1.807, 2.05) is 0 Å². The Balaban J connectivity index is 1.57. The van der Waals surface area contributed by atoms with Gasteiger partial charge in [0, 0.05) is 11.4 Å². The van der Waals surface area contributed by atoms with Gasteiger partial charge in [0.05, 0.1) is 13.3 Å². The van der Waals surface area contributed by atoms with Crippen LogP contribution in [0.15, 0.2) is 54.7 Å². The van der Waals surface area contributed by atoms with Gasteiger partial charge in [-0.2, -0.15) is 4.98 Å². The van der Waals surface area contributed by atoms with Crippen molar-refractivity contribution >= 4 is 35.4 Å². The van der Waals surface area contributed by atoms with Crippen molar-refractivity contribution in [3.63, 3.8) is 0 Å². The molecule has 0 radical (unpaired) electrons. The lowest BCUT2D eigenvalue weighted by Crippen LogP contribution is -2.16. The molecule has 0 saturated carbocycles. The summed E-state index contributed by atoms with van der Waals surface area (Å²) < 4.78 is 38.1. The van der Waals surface area contributed by atoms with E-state index in [9.17, 15) is 14.0 Å². The van der Waals surface area contributed by atoms with Crippen molar-refractivity contribution in [2.24, 2.45) is 5.73 Å². The highest BCUT2D eigenvalue weighted by molar-refractivity contribution is 5.64. The van der Waals surface area contributed by atoms with E-state index in [4.69, 9.17) is 15.2 Å². The van der Waals surface area contributed by atoms with E-state index in [0.29, 0.717) is 22.9 Å². The van der Waals surface area contributed by atoms with Crippen molar-refractivity contribution in [3.05, 3.63) is 60.5 Å². The van der Waals surface area contributed by atoms with Crippen LogP contribution in [-0.2, 0) is 14.2 Å². The highest BCUT2D eigenvalue weighted by Gasteiger charge is 2.09. The fraction of sp³-hybridized carbons (Fsp3) is 0.143. The molecule has 0 saturated heterocycles. The summed E-state index contributed by atoms with van der Waals surface area (Å²) in [5, 5.41) is 5.80. The molecule has 0 atom stereocenters. The maximum absolute atomic E-state index is 14.2. The lowest BCUT2D eigenvalue weighted by atomic mass is 10.3. The average Bonchev–Trinajstić information content (AvgIpc) is 2.83. The van der Waals surface area contributed by atoms with Crippen LogP contribution in [0.1, 0.15) is 0 Å². The van der Waals surface area contributed by atoms with E-state index in [0.717, 1.165) is 6.20 Å². The maximum Gasteiger partial charge on any atom is 0.510 e. The van der Waals surface area contributed by atoms with Crippen molar-refractivity contribution in [1.82, 2.24) is 9.97 Å². The van der Waals surface area contributed by atoms with Crippen molar-refractivity contribution in [1.29, 1.82) is 0 Å². The molecule has 13 heteroatoms. The van der Waals surface area contributed by atoms with Crippen molar-refractivity contribution in [3.8, 4) is 11.5 Å². The lowest BCUT2D eigenvalue weighted by Gasteiger charge is -2.11. The number of benzene rings is 2. The van der Waals surface area contributed by atoms with E-state index in [2.05, 4.69) is 34.8 Å². The Labute approximate surface area is 192 Å². The molecule has 1 aromatic heterocycles. The molecule has 4 N–H and O–H groups in total. The van der Waals surface area contributed by atoms with E-state index in [1.165, 1.54) is 7.11 Å². The van der Waals surface area contributed by atoms with Gasteiger partial charge in [0.25, 0.3) is 0 Å². The molecule has 1 heterocycles. The normalized spacial score (nSPS) is 10.1. The predicted molar refractivity (Wildman–Crippen MR) is 117 cm³/mol. The molecular weight excluding hydrogens is 453 g/mol. The number of nitrogens with one attached hydrogen (secondary N) is 2. The molecule has 3 rings (SSSR count). The third-order valence-electron chi connectivity index (χ3n) is 3.97. The van der Waals surface area contributed by atoms with Crippen molar-refractivity contribution < 1.29 is 37.7 Å². The summed E-state index contributed by atoms with van der Waals surface area (Å²) in [5.74, 6) is 0.306. The summed E-state index contributed by atoms with van der Waals surface area (Å²) in [6, 6.07) is 13.0. The number of anilines is 4. The predicted octanol–water partition coefficient (Wildman–Crippen LogP) is 3.65. The maximum atomic E-state index is 14.2. The smallest absolute Gasteiger partial charge is 0.457 e. The number of carbonyl (C=O) groups excluding carboxylic acids is 2. The van der Waals surface area contributed by atoms with Gasteiger partial charge in [0.15, 0.2) is 11.6 Å². The number of methoxy groups -OCH3 is 1. The van der Waals surface area contributed by atoms with E-state index in [1.54, 1.807) is 48.5 Å². The third kappa shape index (κ3) is 7.40. The number of carbonyl (C=O) groups is 2. The second-order valence-electron chi connectivity index (χ2n) is 6.28. The number of primary amides is 1. The fourth-order valence-electron chi connectivity index (χ4n) is 2.41. The van der Waals surface area contributed by atoms with Gasteiger partial charge in [0.1, 0.15) is 11.5 Å². The number of rotatable bonds is 10. The molecule has 34 heavy (non-hydrogen) atoms. The minimum atomic E-state index is -0.948. The first kappa shape index (κ1) is 23.8. The number of halogens is 1. The minimum Gasteiger partial charge on any atom is -0.457 e. The van der Waals surface area contributed by atoms with Crippen LogP contribution in [0.2, 0.25) is 0 Å². The Morgan fingerprint density at radius 2 is 1.47 bits per heavy atom. The number of hydrogen-bond donors (Lipinski definition) is 3. The zero-order valence-electron chi connectivity index (χ0n) is 17.8. The molecule has 0 aliphatic heterocycles. The summed E-state index contributed by atoms with van der Waals surface area (Å²) in [7, 11) is 1.19. The summed E-state index contributed by atoms with van der Waals surface area (Å²) >= 11 is 0. The summed E-state index contributed by atoms with van der Waals surface area (Å²) in [6.07, 6.45) is -0.774. The van der Waals surface area contributed by atoms with Crippen molar-refractivity contribution in [2.75, 3.05) is 31.3 Å². The van der Waals surface area contributed by atoms with Gasteiger partial charge < -0.3 is 40.1 Å². The Hall–Kier alpha value is -4.81. The molecule has 0 bridgehead atoms. The number of aromatic nitrogens is 2. The minimum absolute atomic E-state index is 0.0526. The topological polar surface area (TPSA) is 156 Å². The first-order chi connectivity index (χ1) is 16.4. The molecule has 0 spiro atoms. The first-order valence-corrected chi connectivity index (χ1v) is 9.58. The molecule has 0 aliphatic carbocycles. The Bertz CT molecular complexity index is 1110. The standard InChI is InChI=1S/C21H20FN5O7/c1-30-21(29)34-12-32-16-8-4-14(5-9-16)26-20-24-10-17(22)18(27-20)25-13-2-6-15(7-3-13)31-11-33-19(23)28/h2-10H,11-12H2,1H3,(H2,23,28)(H2,24,25,26,27). The van der Waals surface area contributed by atoms with Gasteiger partial charge in [-0.25, -0.2) is 19.0 Å². The Morgan fingerprint density at radius 3 is 2.03 bits per heavy atom. The van der Waals surface area contributed by atoms with Gasteiger partial charge in [-0.1, -0.05) is 0 Å². The van der Waals surface area contributed by atoms with Crippen LogP contribution in [0.3, 0.4) is 0 Å². The highest BCUT2D eigenvalue weighted by atomic mass is 19.1. The number of nitrogens with two attached hydrogens (primary N) is 1. The average molecular weight is 473 g/mol. The van der Waals surface area contributed by atoms with E-state index in [-0.39, 0.29) is 25.4 Å². The number of hydrogen-bond acceptors (Lipinski definition) is 11. The lowest BCUT2D eigenvalue weighted by molar-refractivity contribution is 0.0150. The Kier molecular flexibility index (Phi) is 8.21.